The smallest absolute Gasteiger partial charge is 0.309 e. The predicted octanol–water partition coefficient (Wildman–Crippen LogP) is 3.27. The van der Waals surface area contributed by atoms with Gasteiger partial charge in [-0.15, -0.1) is 0 Å². The number of carboxylic acids is 1. The first-order chi connectivity index (χ1) is 8.49. The Morgan fingerprint density at radius 1 is 1.39 bits per heavy atom. The van der Waals surface area contributed by atoms with Crippen LogP contribution in [0.2, 0.25) is 0 Å². The Balaban J connectivity index is 3.05. The molecule has 0 aliphatic rings. The Morgan fingerprint density at radius 3 is 2.39 bits per heavy atom. The average Bonchev–Trinajstić information content (AvgIpc) is 2.37. The van der Waals surface area contributed by atoms with E-state index in [1.807, 2.05) is 13.8 Å². The van der Waals surface area contributed by atoms with Gasteiger partial charge in [0.15, 0.2) is 0 Å². The summed E-state index contributed by atoms with van der Waals surface area (Å²) in [6, 6.07) is 4.53. The molecule has 3 nitrogen and oxygen atoms in total. The highest BCUT2D eigenvalue weighted by Crippen LogP contribution is 2.32. The second kappa shape index (κ2) is 5.85. The van der Waals surface area contributed by atoms with E-state index < -0.39 is 17.2 Å². The maximum absolute atomic E-state index is 13.8. The van der Waals surface area contributed by atoms with Crippen LogP contribution in [0.1, 0.15) is 32.3 Å². The van der Waals surface area contributed by atoms with E-state index in [9.17, 15) is 14.3 Å². The molecule has 0 aromatic heterocycles. The lowest BCUT2D eigenvalue weighted by Gasteiger charge is -2.27. The summed E-state index contributed by atoms with van der Waals surface area (Å²) in [5.74, 6) is -0.852. The first kappa shape index (κ1) is 14.5. The molecule has 100 valence electrons. The molecule has 4 heteroatoms. The molecule has 0 saturated carbocycles. The number of methoxy groups -OCH3 is 1. The van der Waals surface area contributed by atoms with Crippen molar-refractivity contribution >= 4 is 5.97 Å². The molecule has 0 bridgehead atoms. The second-order valence-electron chi connectivity index (χ2n) is 4.43. The van der Waals surface area contributed by atoms with Crippen LogP contribution >= 0.6 is 0 Å². The lowest BCUT2D eigenvalue weighted by molar-refractivity contribution is -0.149. The third kappa shape index (κ3) is 2.81. The van der Waals surface area contributed by atoms with Crippen LogP contribution in [0.5, 0.6) is 5.75 Å². The van der Waals surface area contributed by atoms with Crippen LogP contribution in [0.25, 0.3) is 0 Å². The van der Waals surface area contributed by atoms with Crippen molar-refractivity contribution < 1.29 is 19.0 Å². The first-order valence-electron chi connectivity index (χ1n) is 6.05. The van der Waals surface area contributed by atoms with Crippen molar-refractivity contribution in [1.29, 1.82) is 0 Å². The summed E-state index contributed by atoms with van der Waals surface area (Å²) in [6.07, 6.45) is 1.15. The quantitative estimate of drug-likeness (QED) is 0.847. The maximum atomic E-state index is 13.8. The van der Waals surface area contributed by atoms with Gasteiger partial charge < -0.3 is 9.84 Å². The van der Waals surface area contributed by atoms with Crippen molar-refractivity contribution in [2.75, 3.05) is 7.11 Å². The lowest BCUT2D eigenvalue weighted by atomic mass is 9.77. The summed E-state index contributed by atoms with van der Waals surface area (Å²) in [7, 11) is 1.47. The van der Waals surface area contributed by atoms with Crippen LogP contribution in [-0.4, -0.2) is 18.2 Å². The van der Waals surface area contributed by atoms with Crippen LogP contribution in [-0.2, 0) is 11.2 Å². The van der Waals surface area contributed by atoms with Gasteiger partial charge in [-0.2, -0.15) is 0 Å². The molecule has 1 rings (SSSR count). The molecule has 0 spiro atoms. The van der Waals surface area contributed by atoms with Gasteiger partial charge in [-0.25, -0.2) is 4.39 Å². The Hall–Kier alpha value is -1.58. The molecular weight excluding hydrogens is 235 g/mol. The van der Waals surface area contributed by atoms with Crippen molar-refractivity contribution in [3.8, 4) is 5.75 Å². The van der Waals surface area contributed by atoms with E-state index >= 15 is 0 Å². The molecule has 0 unspecified atom stereocenters. The van der Waals surface area contributed by atoms with Gasteiger partial charge in [-0.3, -0.25) is 4.79 Å². The van der Waals surface area contributed by atoms with Gasteiger partial charge in [0.05, 0.1) is 12.5 Å². The van der Waals surface area contributed by atoms with Gasteiger partial charge >= 0.3 is 5.97 Å². The van der Waals surface area contributed by atoms with E-state index in [1.54, 1.807) is 12.1 Å². The third-order valence-electron chi connectivity index (χ3n) is 3.60. The summed E-state index contributed by atoms with van der Waals surface area (Å²) < 4.78 is 18.8. The number of ether oxygens (including phenoxy) is 1. The molecule has 1 N–H and O–H groups in total. The molecule has 0 aliphatic heterocycles. The van der Waals surface area contributed by atoms with E-state index in [1.165, 1.54) is 13.2 Å². The van der Waals surface area contributed by atoms with Gasteiger partial charge in [-0.1, -0.05) is 19.9 Å². The van der Waals surface area contributed by atoms with Crippen LogP contribution in [0.15, 0.2) is 18.2 Å². The van der Waals surface area contributed by atoms with Crippen LogP contribution in [0, 0.1) is 11.2 Å². The van der Waals surface area contributed by atoms with Crippen LogP contribution in [0.4, 0.5) is 4.39 Å². The molecule has 0 atom stereocenters. The fourth-order valence-electron chi connectivity index (χ4n) is 2.04. The fourth-order valence-corrected chi connectivity index (χ4v) is 2.04. The summed E-state index contributed by atoms with van der Waals surface area (Å²) in [4.78, 5) is 11.4. The third-order valence-corrected chi connectivity index (χ3v) is 3.60. The Morgan fingerprint density at radius 2 is 2.00 bits per heavy atom. The summed E-state index contributed by atoms with van der Waals surface area (Å²) in [5, 5.41) is 9.33. The van der Waals surface area contributed by atoms with Crippen LogP contribution in [0.3, 0.4) is 0 Å². The molecule has 0 amide bonds. The molecular formula is C14H19FO3. The monoisotopic (exact) mass is 254 g/mol. The number of hydrogen-bond donors (Lipinski definition) is 1. The SMILES string of the molecule is CCC(CC)(Cc1ccc(OC)cc1F)C(=O)O. The fraction of sp³-hybridized carbons (Fsp3) is 0.500. The van der Waals surface area contributed by atoms with Gasteiger partial charge in [0.2, 0.25) is 0 Å². The number of halogens is 1. The normalized spacial score (nSPS) is 11.3. The van der Waals surface area contributed by atoms with Crippen molar-refractivity contribution in [1.82, 2.24) is 0 Å². The van der Waals surface area contributed by atoms with Crippen molar-refractivity contribution in [3.63, 3.8) is 0 Å². The minimum atomic E-state index is -0.893. The van der Waals surface area contributed by atoms with Crippen LogP contribution < -0.4 is 4.74 Å². The van der Waals surface area contributed by atoms with Crippen molar-refractivity contribution in [2.45, 2.75) is 33.1 Å². The zero-order valence-corrected chi connectivity index (χ0v) is 11.0. The minimum absolute atomic E-state index is 0.200. The predicted molar refractivity (Wildman–Crippen MR) is 67.3 cm³/mol. The summed E-state index contributed by atoms with van der Waals surface area (Å²) in [5.41, 5.74) is -0.475. The summed E-state index contributed by atoms with van der Waals surface area (Å²) in [6.45, 7) is 3.64. The lowest BCUT2D eigenvalue weighted by Crippen LogP contribution is -2.32. The zero-order valence-electron chi connectivity index (χ0n) is 11.0. The highest BCUT2D eigenvalue weighted by Gasteiger charge is 2.35. The van der Waals surface area contributed by atoms with Gasteiger partial charge in [0, 0.05) is 6.07 Å². The second-order valence-corrected chi connectivity index (χ2v) is 4.43. The van der Waals surface area contributed by atoms with Crippen molar-refractivity contribution in [3.05, 3.63) is 29.6 Å². The molecule has 1 aromatic rings. The van der Waals surface area contributed by atoms with E-state index in [4.69, 9.17) is 4.74 Å². The van der Waals surface area contributed by atoms with Gasteiger partial charge in [0.1, 0.15) is 11.6 Å². The Kier molecular flexibility index (Phi) is 4.70. The van der Waals surface area contributed by atoms with E-state index in [0.717, 1.165) is 0 Å². The highest BCUT2D eigenvalue weighted by atomic mass is 19.1. The van der Waals surface area contributed by atoms with E-state index in [-0.39, 0.29) is 6.42 Å². The number of carbonyl (C=O) groups is 1. The molecule has 0 fully saturated rings. The standard InChI is InChI=1S/C14H19FO3/c1-4-14(5-2,13(16)17)9-10-6-7-11(18-3)8-12(10)15/h6-8H,4-5,9H2,1-3H3,(H,16,17). The molecule has 0 radical (unpaired) electrons. The highest BCUT2D eigenvalue weighted by molar-refractivity contribution is 5.75. The number of benzene rings is 1. The summed E-state index contributed by atoms with van der Waals surface area (Å²) >= 11 is 0. The number of hydrogen-bond acceptors (Lipinski definition) is 2. The maximum Gasteiger partial charge on any atom is 0.309 e. The average molecular weight is 254 g/mol. The number of carboxylic acid groups (broad SMARTS) is 1. The molecule has 0 aliphatic carbocycles. The van der Waals surface area contributed by atoms with Gasteiger partial charge in [0.25, 0.3) is 0 Å². The first-order valence-corrected chi connectivity index (χ1v) is 6.05. The minimum Gasteiger partial charge on any atom is -0.497 e. The van der Waals surface area contributed by atoms with E-state index in [2.05, 4.69) is 0 Å². The number of aliphatic carboxylic acids is 1. The van der Waals surface area contributed by atoms with Gasteiger partial charge in [-0.05, 0) is 30.9 Å². The van der Waals surface area contributed by atoms with E-state index in [0.29, 0.717) is 24.2 Å². The Labute approximate surface area is 107 Å². The largest absolute Gasteiger partial charge is 0.497 e. The topological polar surface area (TPSA) is 46.5 Å². The molecule has 0 saturated heterocycles. The molecule has 0 heterocycles. The molecule has 18 heavy (non-hydrogen) atoms. The molecule has 1 aromatic carbocycles. The van der Waals surface area contributed by atoms with Crippen molar-refractivity contribution in [2.24, 2.45) is 5.41 Å². The zero-order chi connectivity index (χ0) is 13.8. The Bertz CT molecular complexity index is 425. The number of rotatable bonds is 6.